The summed E-state index contributed by atoms with van der Waals surface area (Å²) < 4.78 is 1.34. The standard InChI is InChI=1S/C13H18NO2/c1-10-8-12(11-6-4-3-5-7-11)14(16-2)13(15)9-10/h8-9,11H,2-7H2,1H3. The fraction of sp³-hybridized carbons (Fsp3) is 0.538. The van der Waals surface area contributed by atoms with Crippen molar-refractivity contribution in [2.75, 3.05) is 0 Å². The Bertz CT molecular complexity index is 416. The van der Waals surface area contributed by atoms with Crippen LogP contribution in [0.1, 0.15) is 49.3 Å². The second-order valence-electron chi connectivity index (χ2n) is 4.55. The number of hydrogen-bond donors (Lipinski definition) is 0. The van der Waals surface area contributed by atoms with Crippen molar-refractivity contribution in [2.24, 2.45) is 0 Å². The van der Waals surface area contributed by atoms with E-state index in [1.165, 1.54) is 24.0 Å². The molecule has 1 aromatic heterocycles. The van der Waals surface area contributed by atoms with E-state index in [-0.39, 0.29) is 5.56 Å². The van der Waals surface area contributed by atoms with Gasteiger partial charge in [0.2, 0.25) is 0 Å². The van der Waals surface area contributed by atoms with Crippen LogP contribution in [-0.4, -0.2) is 4.73 Å². The van der Waals surface area contributed by atoms with Crippen LogP contribution >= 0.6 is 0 Å². The highest BCUT2D eigenvalue weighted by Gasteiger charge is 2.20. The van der Waals surface area contributed by atoms with Crippen molar-refractivity contribution in [3.8, 4) is 0 Å². The largest absolute Gasteiger partial charge is 0.407 e. The van der Waals surface area contributed by atoms with Crippen LogP contribution in [0.3, 0.4) is 0 Å². The second kappa shape index (κ2) is 4.73. The van der Waals surface area contributed by atoms with Gasteiger partial charge in [0.05, 0.1) is 5.69 Å². The first-order valence-corrected chi connectivity index (χ1v) is 5.88. The van der Waals surface area contributed by atoms with Gasteiger partial charge in [-0.1, -0.05) is 19.3 Å². The molecule has 0 spiro atoms. The molecule has 3 heteroatoms. The fourth-order valence-corrected chi connectivity index (χ4v) is 2.53. The molecule has 1 heterocycles. The van der Waals surface area contributed by atoms with Gasteiger partial charge >= 0.3 is 0 Å². The Hall–Kier alpha value is -1.25. The Morgan fingerprint density at radius 1 is 1.31 bits per heavy atom. The molecule has 0 unspecified atom stereocenters. The summed E-state index contributed by atoms with van der Waals surface area (Å²) in [6.07, 6.45) is 6.07. The molecule has 3 nitrogen and oxygen atoms in total. The minimum absolute atomic E-state index is 0.115. The van der Waals surface area contributed by atoms with Gasteiger partial charge < -0.3 is 4.84 Å². The van der Waals surface area contributed by atoms with Gasteiger partial charge in [0, 0.05) is 12.0 Å². The number of aromatic nitrogens is 1. The predicted octanol–water partition coefficient (Wildman–Crippen LogP) is 2.42. The van der Waals surface area contributed by atoms with Gasteiger partial charge in [-0.2, -0.15) is 0 Å². The second-order valence-corrected chi connectivity index (χ2v) is 4.55. The molecule has 1 aliphatic carbocycles. The maximum Gasteiger partial charge on any atom is 0.283 e. The lowest BCUT2D eigenvalue weighted by Crippen LogP contribution is -2.28. The predicted molar refractivity (Wildman–Crippen MR) is 63.2 cm³/mol. The summed E-state index contributed by atoms with van der Waals surface area (Å²) in [5.41, 5.74) is 1.87. The molecule has 1 aliphatic rings. The minimum atomic E-state index is -0.115. The third-order valence-electron chi connectivity index (χ3n) is 3.31. The third-order valence-corrected chi connectivity index (χ3v) is 3.31. The van der Waals surface area contributed by atoms with Gasteiger partial charge in [-0.3, -0.25) is 4.79 Å². The first-order valence-electron chi connectivity index (χ1n) is 5.88. The van der Waals surface area contributed by atoms with Crippen LogP contribution in [0, 0.1) is 14.0 Å². The van der Waals surface area contributed by atoms with Gasteiger partial charge in [-0.15, -0.1) is 4.73 Å². The zero-order chi connectivity index (χ0) is 11.5. The number of pyridine rings is 1. The van der Waals surface area contributed by atoms with Crippen LogP contribution in [0.2, 0.25) is 0 Å². The van der Waals surface area contributed by atoms with Crippen molar-refractivity contribution in [3.05, 3.63) is 40.9 Å². The average Bonchev–Trinajstić information content (AvgIpc) is 2.29. The van der Waals surface area contributed by atoms with Crippen molar-refractivity contribution in [3.63, 3.8) is 0 Å². The van der Waals surface area contributed by atoms with E-state index in [0.717, 1.165) is 24.1 Å². The maximum atomic E-state index is 11.7. The van der Waals surface area contributed by atoms with Gasteiger partial charge in [-0.25, -0.2) is 0 Å². The smallest absolute Gasteiger partial charge is 0.283 e. The summed E-state index contributed by atoms with van der Waals surface area (Å²) in [6, 6.07) is 3.63. The molecule has 16 heavy (non-hydrogen) atoms. The molecule has 1 aromatic rings. The lowest BCUT2D eigenvalue weighted by atomic mass is 9.86. The first-order chi connectivity index (χ1) is 7.72. The van der Waals surface area contributed by atoms with E-state index in [9.17, 15) is 4.79 Å². The summed E-state index contributed by atoms with van der Waals surface area (Å²) in [5, 5.41) is 0. The SMILES string of the molecule is [CH2]On1c(C2CCCCC2)cc(C)cc1=O. The van der Waals surface area contributed by atoms with Gasteiger partial charge in [0.25, 0.3) is 5.56 Å². The lowest BCUT2D eigenvalue weighted by molar-refractivity contribution is 0.176. The van der Waals surface area contributed by atoms with E-state index in [1.54, 1.807) is 6.07 Å². The van der Waals surface area contributed by atoms with Gasteiger partial charge in [-0.05, 0) is 31.4 Å². The van der Waals surface area contributed by atoms with E-state index in [0.29, 0.717) is 5.92 Å². The van der Waals surface area contributed by atoms with Crippen LogP contribution in [0.15, 0.2) is 16.9 Å². The van der Waals surface area contributed by atoms with E-state index in [1.807, 2.05) is 13.0 Å². The molecule has 0 bridgehead atoms. The topological polar surface area (TPSA) is 31.2 Å². The monoisotopic (exact) mass is 220 g/mol. The molecule has 0 atom stereocenters. The van der Waals surface area contributed by atoms with Crippen molar-refractivity contribution in [2.45, 2.75) is 44.9 Å². The summed E-state index contributed by atoms with van der Waals surface area (Å²) >= 11 is 0. The maximum absolute atomic E-state index is 11.7. The van der Waals surface area contributed by atoms with Crippen molar-refractivity contribution >= 4 is 0 Å². The number of hydrogen-bond acceptors (Lipinski definition) is 2. The highest BCUT2D eigenvalue weighted by atomic mass is 16.6. The Morgan fingerprint density at radius 3 is 2.62 bits per heavy atom. The zero-order valence-corrected chi connectivity index (χ0v) is 9.74. The fourth-order valence-electron chi connectivity index (χ4n) is 2.53. The summed E-state index contributed by atoms with van der Waals surface area (Å²) in [5.74, 6) is 0.447. The number of aryl methyl sites for hydroxylation is 1. The summed E-state index contributed by atoms with van der Waals surface area (Å²) in [4.78, 5) is 16.7. The lowest BCUT2D eigenvalue weighted by Gasteiger charge is -2.24. The third kappa shape index (κ3) is 2.13. The molecule has 1 saturated carbocycles. The Kier molecular flexibility index (Phi) is 3.32. The summed E-state index contributed by atoms with van der Waals surface area (Å²) in [7, 11) is 3.36. The summed E-state index contributed by atoms with van der Waals surface area (Å²) in [6.45, 7) is 1.95. The molecule has 1 radical (unpaired) electrons. The highest BCUT2D eigenvalue weighted by molar-refractivity contribution is 5.19. The van der Waals surface area contributed by atoms with Crippen LogP contribution in [-0.2, 0) is 0 Å². The number of nitrogens with zero attached hydrogens (tertiary/aromatic N) is 1. The van der Waals surface area contributed by atoms with E-state index >= 15 is 0 Å². The molecule has 0 N–H and O–H groups in total. The van der Waals surface area contributed by atoms with Crippen LogP contribution in [0.25, 0.3) is 0 Å². The molecular weight excluding hydrogens is 202 g/mol. The molecule has 0 saturated heterocycles. The Labute approximate surface area is 96.0 Å². The van der Waals surface area contributed by atoms with E-state index in [4.69, 9.17) is 4.84 Å². The molecular formula is C13H18NO2. The molecule has 1 fully saturated rings. The highest BCUT2D eigenvalue weighted by Crippen LogP contribution is 2.32. The van der Waals surface area contributed by atoms with Gasteiger partial charge in [0.15, 0.2) is 7.11 Å². The van der Waals surface area contributed by atoms with E-state index < -0.39 is 0 Å². The Morgan fingerprint density at radius 2 is 2.00 bits per heavy atom. The molecule has 87 valence electrons. The Balaban J connectivity index is 2.41. The molecule has 0 aromatic carbocycles. The molecule has 2 rings (SSSR count). The normalized spacial score (nSPS) is 17.4. The van der Waals surface area contributed by atoms with Crippen molar-refractivity contribution in [1.82, 2.24) is 4.73 Å². The first kappa shape index (κ1) is 11.2. The van der Waals surface area contributed by atoms with Crippen molar-refractivity contribution in [1.29, 1.82) is 0 Å². The van der Waals surface area contributed by atoms with Gasteiger partial charge in [0.1, 0.15) is 0 Å². The van der Waals surface area contributed by atoms with Crippen LogP contribution in [0.4, 0.5) is 0 Å². The zero-order valence-electron chi connectivity index (χ0n) is 9.74. The number of rotatable bonds is 2. The van der Waals surface area contributed by atoms with Crippen LogP contribution < -0.4 is 10.4 Å². The molecule has 0 amide bonds. The average molecular weight is 220 g/mol. The van der Waals surface area contributed by atoms with Crippen LogP contribution in [0.5, 0.6) is 0 Å². The minimum Gasteiger partial charge on any atom is -0.407 e. The van der Waals surface area contributed by atoms with E-state index in [2.05, 4.69) is 7.11 Å². The quantitative estimate of drug-likeness (QED) is 0.766. The molecule has 0 aliphatic heterocycles. The van der Waals surface area contributed by atoms with Crippen molar-refractivity contribution < 1.29 is 4.84 Å².